The van der Waals surface area contributed by atoms with Gasteiger partial charge in [0.25, 0.3) is 0 Å². The van der Waals surface area contributed by atoms with Crippen LogP contribution in [0.15, 0.2) is 36.7 Å². The van der Waals surface area contributed by atoms with Gasteiger partial charge in [0.05, 0.1) is 6.04 Å². The maximum absolute atomic E-state index is 4.32. The Morgan fingerprint density at radius 1 is 1.41 bits per heavy atom. The van der Waals surface area contributed by atoms with Crippen LogP contribution in [0.4, 0.5) is 0 Å². The molecule has 0 aliphatic rings. The number of nitrogens with one attached hydrogen (secondary N) is 2. The van der Waals surface area contributed by atoms with Crippen LogP contribution in [0.25, 0.3) is 0 Å². The fourth-order valence-corrected chi connectivity index (χ4v) is 2.11. The molecule has 0 amide bonds. The molecule has 2 N–H and O–H groups in total. The van der Waals surface area contributed by atoms with Gasteiger partial charge in [-0.25, -0.2) is 4.98 Å². The van der Waals surface area contributed by atoms with E-state index in [2.05, 4.69) is 46.5 Å². The van der Waals surface area contributed by atoms with Crippen LogP contribution in [0, 0.1) is 0 Å². The summed E-state index contributed by atoms with van der Waals surface area (Å²) in [6.07, 6.45) is 5.95. The number of aromatic amines is 1. The van der Waals surface area contributed by atoms with E-state index in [1.165, 1.54) is 17.5 Å². The predicted octanol–water partition coefficient (Wildman–Crippen LogP) is 2.67. The number of hydrogen-bond donors (Lipinski definition) is 2. The zero-order valence-electron chi connectivity index (χ0n) is 10.4. The third-order valence-corrected chi connectivity index (χ3v) is 2.90. The summed E-state index contributed by atoms with van der Waals surface area (Å²) in [4.78, 5) is 7.49. The van der Waals surface area contributed by atoms with Crippen molar-refractivity contribution in [1.82, 2.24) is 15.3 Å². The topological polar surface area (TPSA) is 40.7 Å². The summed E-state index contributed by atoms with van der Waals surface area (Å²) in [5.74, 6) is 0.959. The SMILES string of the molecule is CCCc1cccc(C(NC)c2ncc[nH]2)c1. The van der Waals surface area contributed by atoms with Crippen LogP contribution in [0.1, 0.15) is 36.3 Å². The molecule has 0 radical (unpaired) electrons. The Balaban J connectivity index is 2.28. The standard InChI is InChI=1S/C14H19N3/c1-3-5-11-6-4-7-12(10-11)13(15-2)14-16-8-9-17-14/h4,6-10,13,15H,3,5H2,1-2H3,(H,16,17). The zero-order valence-corrected chi connectivity index (χ0v) is 10.4. The van der Waals surface area contributed by atoms with Crippen molar-refractivity contribution in [3.63, 3.8) is 0 Å². The fourth-order valence-electron chi connectivity index (χ4n) is 2.11. The van der Waals surface area contributed by atoms with Crippen molar-refractivity contribution in [2.45, 2.75) is 25.8 Å². The first-order valence-corrected chi connectivity index (χ1v) is 6.10. The molecule has 2 rings (SSSR count). The van der Waals surface area contributed by atoms with Crippen molar-refractivity contribution < 1.29 is 0 Å². The Bertz CT molecular complexity index is 448. The van der Waals surface area contributed by atoms with Gasteiger partial charge >= 0.3 is 0 Å². The van der Waals surface area contributed by atoms with Crippen LogP contribution >= 0.6 is 0 Å². The molecular weight excluding hydrogens is 210 g/mol. The first kappa shape index (κ1) is 11.9. The first-order valence-electron chi connectivity index (χ1n) is 6.10. The maximum atomic E-state index is 4.32. The minimum Gasteiger partial charge on any atom is -0.347 e. The second-order valence-corrected chi connectivity index (χ2v) is 4.19. The quantitative estimate of drug-likeness (QED) is 0.827. The van der Waals surface area contributed by atoms with E-state index in [4.69, 9.17) is 0 Å². The number of benzene rings is 1. The lowest BCUT2D eigenvalue weighted by Crippen LogP contribution is -2.19. The Labute approximate surface area is 102 Å². The molecule has 0 saturated heterocycles. The molecule has 0 aliphatic carbocycles. The number of nitrogens with zero attached hydrogens (tertiary/aromatic N) is 1. The van der Waals surface area contributed by atoms with Crippen LogP contribution < -0.4 is 5.32 Å². The van der Waals surface area contributed by atoms with Gasteiger partial charge in [0, 0.05) is 12.4 Å². The highest BCUT2D eigenvalue weighted by Gasteiger charge is 2.13. The molecule has 2 aromatic rings. The molecule has 1 atom stereocenters. The molecule has 0 bridgehead atoms. The summed E-state index contributed by atoms with van der Waals surface area (Å²) in [5.41, 5.74) is 2.64. The van der Waals surface area contributed by atoms with Gasteiger partial charge in [-0.2, -0.15) is 0 Å². The number of aromatic nitrogens is 2. The third kappa shape index (κ3) is 2.74. The highest BCUT2D eigenvalue weighted by molar-refractivity contribution is 5.29. The highest BCUT2D eigenvalue weighted by atomic mass is 15.0. The van der Waals surface area contributed by atoms with Crippen molar-refractivity contribution in [1.29, 1.82) is 0 Å². The third-order valence-electron chi connectivity index (χ3n) is 2.90. The van der Waals surface area contributed by atoms with E-state index < -0.39 is 0 Å². The number of rotatable bonds is 5. The summed E-state index contributed by atoms with van der Waals surface area (Å²) in [7, 11) is 1.96. The predicted molar refractivity (Wildman–Crippen MR) is 69.9 cm³/mol. The Kier molecular flexibility index (Phi) is 3.94. The summed E-state index contributed by atoms with van der Waals surface area (Å²) in [6, 6.07) is 8.84. The van der Waals surface area contributed by atoms with Crippen LogP contribution in [-0.4, -0.2) is 17.0 Å². The second-order valence-electron chi connectivity index (χ2n) is 4.19. The molecule has 90 valence electrons. The molecule has 0 aliphatic heterocycles. The van der Waals surface area contributed by atoms with Gasteiger partial charge in [0.15, 0.2) is 0 Å². The molecule has 3 heteroatoms. The van der Waals surface area contributed by atoms with Crippen molar-refractivity contribution in [3.05, 3.63) is 53.6 Å². The number of imidazole rings is 1. The summed E-state index contributed by atoms with van der Waals surface area (Å²) >= 11 is 0. The van der Waals surface area contributed by atoms with E-state index >= 15 is 0 Å². The molecule has 1 unspecified atom stereocenters. The normalized spacial score (nSPS) is 12.6. The van der Waals surface area contributed by atoms with Crippen molar-refractivity contribution in [2.24, 2.45) is 0 Å². The zero-order chi connectivity index (χ0) is 12.1. The van der Waals surface area contributed by atoms with Crippen molar-refractivity contribution >= 4 is 0 Å². The van der Waals surface area contributed by atoms with Gasteiger partial charge < -0.3 is 10.3 Å². The number of hydrogen-bond acceptors (Lipinski definition) is 2. The lowest BCUT2D eigenvalue weighted by Gasteiger charge is -2.15. The molecule has 17 heavy (non-hydrogen) atoms. The first-order chi connectivity index (χ1) is 8.35. The summed E-state index contributed by atoms with van der Waals surface area (Å²) in [6.45, 7) is 2.20. The molecule has 1 aromatic carbocycles. The van der Waals surface area contributed by atoms with Crippen LogP contribution in [-0.2, 0) is 6.42 Å². The maximum Gasteiger partial charge on any atom is 0.127 e. The van der Waals surface area contributed by atoms with E-state index in [9.17, 15) is 0 Å². The molecule has 3 nitrogen and oxygen atoms in total. The number of aryl methyl sites for hydroxylation is 1. The van der Waals surface area contributed by atoms with Gasteiger partial charge in [0.1, 0.15) is 5.82 Å². The molecule has 1 aromatic heterocycles. The summed E-state index contributed by atoms with van der Waals surface area (Å²) < 4.78 is 0. The fraction of sp³-hybridized carbons (Fsp3) is 0.357. The van der Waals surface area contributed by atoms with Crippen molar-refractivity contribution in [3.8, 4) is 0 Å². The van der Waals surface area contributed by atoms with Crippen LogP contribution in [0.2, 0.25) is 0 Å². The smallest absolute Gasteiger partial charge is 0.127 e. The second kappa shape index (κ2) is 5.64. The van der Waals surface area contributed by atoms with E-state index in [0.717, 1.165) is 12.2 Å². The van der Waals surface area contributed by atoms with Gasteiger partial charge in [-0.3, -0.25) is 0 Å². The Morgan fingerprint density at radius 2 is 2.29 bits per heavy atom. The van der Waals surface area contributed by atoms with Gasteiger partial charge in [0.2, 0.25) is 0 Å². The molecular formula is C14H19N3. The Morgan fingerprint density at radius 3 is 2.94 bits per heavy atom. The van der Waals surface area contributed by atoms with Gasteiger partial charge in [-0.1, -0.05) is 37.6 Å². The van der Waals surface area contributed by atoms with Gasteiger partial charge in [-0.05, 0) is 24.6 Å². The monoisotopic (exact) mass is 229 g/mol. The number of H-pyrrole nitrogens is 1. The van der Waals surface area contributed by atoms with Crippen LogP contribution in [0.3, 0.4) is 0 Å². The van der Waals surface area contributed by atoms with Gasteiger partial charge in [-0.15, -0.1) is 0 Å². The van der Waals surface area contributed by atoms with Crippen molar-refractivity contribution in [2.75, 3.05) is 7.05 Å². The van der Waals surface area contributed by atoms with E-state index in [1.54, 1.807) is 6.20 Å². The van der Waals surface area contributed by atoms with E-state index in [-0.39, 0.29) is 6.04 Å². The van der Waals surface area contributed by atoms with E-state index in [1.807, 2.05) is 13.2 Å². The minimum absolute atomic E-state index is 0.141. The minimum atomic E-state index is 0.141. The molecule has 0 spiro atoms. The summed E-state index contributed by atoms with van der Waals surface area (Å²) in [5, 5.41) is 3.30. The average Bonchev–Trinajstić information content (AvgIpc) is 2.85. The van der Waals surface area contributed by atoms with Crippen LogP contribution in [0.5, 0.6) is 0 Å². The molecule has 0 fully saturated rings. The molecule has 1 heterocycles. The Hall–Kier alpha value is -1.61. The lowest BCUT2D eigenvalue weighted by atomic mass is 10.0. The average molecular weight is 229 g/mol. The lowest BCUT2D eigenvalue weighted by molar-refractivity contribution is 0.654. The highest BCUT2D eigenvalue weighted by Crippen LogP contribution is 2.20. The largest absolute Gasteiger partial charge is 0.347 e. The molecule has 0 saturated carbocycles. The van der Waals surface area contributed by atoms with E-state index in [0.29, 0.717) is 0 Å².